The molecule has 0 heterocycles. The fourth-order valence-corrected chi connectivity index (χ4v) is 2.51. The van der Waals surface area contributed by atoms with Gasteiger partial charge in [0.2, 0.25) is 10.0 Å². The average molecular weight is 235 g/mol. The summed E-state index contributed by atoms with van der Waals surface area (Å²) < 4.78 is 25.1. The van der Waals surface area contributed by atoms with Gasteiger partial charge >= 0.3 is 5.97 Å². The van der Waals surface area contributed by atoms with Crippen LogP contribution in [0.3, 0.4) is 0 Å². The van der Waals surface area contributed by atoms with Crippen LogP contribution in [0.1, 0.15) is 32.1 Å². The zero-order chi connectivity index (χ0) is 11.3. The first kappa shape index (κ1) is 12.4. The minimum Gasteiger partial charge on any atom is -0.481 e. The normalized spacial score (nSPS) is 16.5. The maximum absolute atomic E-state index is 11.3. The smallest absolute Gasteiger partial charge is 0.303 e. The van der Waals surface area contributed by atoms with Crippen LogP contribution in [0.5, 0.6) is 0 Å². The molecule has 1 rings (SSSR count). The average Bonchev–Trinajstić information content (AvgIpc) is 2.93. The van der Waals surface area contributed by atoms with Crippen LogP contribution in [0, 0.1) is 5.92 Å². The van der Waals surface area contributed by atoms with Crippen molar-refractivity contribution in [3.05, 3.63) is 0 Å². The Balaban J connectivity index is 2.08. The van der Waals surface area contributed by atoms with E-state index < -0.39 is 16.0 Å². The van der Waals surface area contributed by atoms with Gasteiger partial charge in [0.25, 0.3) is 0 Å². The van der Waals surface area contributed by atoms with Gasteiger partial charge in [0.15, 0.2) is 0 Å². The second kappa shape index (κ2) is 5.46. The Bertz CT molecular complexity index is 308. The van der Waals surface area contributed by atoms with Crippen molar-refractivity contribution in [2.24, 2.45) is 5.92 Å². The molecule has 0 radical (unpaired) electrons. The van der Waals surface area contributed by atoms with Crippen LogP contribution in [0.2, 0.25) is 0 Å². The fraction of sp³-hybridized carbons (Fsp3) is 0.889. The Kier molecular flexibility index (Phi) is 4.53. The van der Waals surface area contributed by atoms with Gasteiger partial charge in [-0.05, 0) is 18.8 Å². The minimum atomic E-state index is -3.18. The van der Waals surface area contributed by atoms with Crippen LogP contribution in [0.25, 0.3) is 0 Å². The molecule has 0 spiro atoms. The van der Waals surface area contributed by atoms with Crippen LogP contribution in [-0.2, 0) is 14.8 Å². The van der Waals surface area contributed by atoms with Crippen LogP contribution < -0.4 is 4.72 Å². The van der Waals surface area contributed by atoms with Gasteiger partial charge in [-0.3, -0.25) is 4.79 Å². The van der Waals surface area contributed by atoms with Crippen LogP contribution >= 0.6 is 0 Å². The van der Waals surface area contributed by atoms with Gasteiger partial charge in [-0.25, -0.2) is 13.1 Å². The van der Waals surface area contributed by atoms with Gasteiger partial charge in [0.1, 0.15) is 0 Å². The first-order chi connectivity index (χ1) is 6.99. The minimum absolute atomic E-state index is 0.00510. The van der Waals surface area contributed by atoms with E-state index in [1.807, 2.05) is 0 Å². The second-order valence-electron chi connectivity index (χ2n) is 3.94. The van der Waals surface area contributed by atoms with Gasteiger partial charge in [-0.2, -0.15) is 0 Å². The van der Waals surface area contributed by atoms with E-state index >= 15 is 0 Å². The summed E-state index contributed by atoms with van der Waals surface area (Å²) in [5, 5.41) is 8.35. The molecule has 0 aliphatic heterocycles. The molecule has 6 heteroatoms. The third-order valence-corrected chi connectivity index (χ3v) is 3.80. The van der Waals surface area contributed by atoms with Gasteiger partial charge in [0, 0.05) is 13.0 Å². The van der Waals surface area contributed by atoms with Crippen LogP contribution in [-0.4, -0.2) is 31.8 Å². The Morgan fingerprint density at radius 2 is 2.07 bits per heavy atom. The predicted octanol–water partition coefficient (Wildman–Crippen LogP) is 0.571. The van der Waals surface area contributed by atoms with E-state index in [4.69, 9.17) is 5.11 Å². The number of hydrogen-bond acceptors (Lipinski definition) is 3. The van der Waals surface area contributed by atoms with E-state index in [0.29, 0.717) is 12.3 Å². The molecular weight excluding hydrogens is 218 g/mol. The molecule has 0 amide bonds. The fourth-order valence-electron chi connectivity index (χ4n) is 1.27. The Morgan fingerprint density at radius 1 is 1.40 bits per heavy atom. The van der Waals surface area contributed by atoms with E-state index in [9.17, 15) is 13.2 Å². The third kappa shape index (κ3) is 6.46. The van der Waals surface area contributed by atoms with E-state index in [2.05, 4.69) is 4.72 Å². The van der Waals surface area contributed by atoms with E-state index in [1.54, 1.807) is 0 Å². The Hall–Kier alpha value is -0.620. The lowest BCUT2D eigenvalue weighted by Gasteiger charge is -2.04. The van der Waals surface area contributed by atoms with Crippen molar-refractivity contribution in [1.82, 2.24) is 4.72 Å². The molecule has 1 aliphatic rings. The van der Waals surface area contributed by atoms with Gasteiger partial charge in [-0.1, -0.05) is 12.8 Å². The zero-order valence-corrected chi connectivity index (χ0v) is 9.42. The van der Waals surface area contributed by atoms with Gasteiger partial charge in [-0.15, -0.1) is 0 Å². The monoisotopic (exact) mass is 235 g/mol. The summed E-state index contributed by atoms with van der Waals surface area (Å²) in [7, 11) is -3.18. The molecule has 0 saturated heterocycles. The largest absolute Gasteiger partial charge is 0.481 e. The van der Waals surface area contributed by atoms with Crippen molar-refractivity contribution in [3.8, 4) is 0 Å². The number of aliphatic carboxylic acids is 1. The summed E-state index contributed by atoms with van der Waals surface area (Å²) in [4.78, 5) is 10.2. The lowest BCUT2D eigenvalue weighted by atomic mass is 10.3. The Morgan fingerprint density at radius 3 is 2.60 bits per heavy atom. The second-order valence-corrected chi connectivity index (χ2v) is 5.87. The molecule has 1 fully saturated rings. The zero-order valence-electron chi connectivity index (χ0n) is 8.61. The number of hydrogen-bond donors (Lipinski definition) is 2. The number of carboxylic acid groups (broad SMARTS) is 1. The quantitative estimate of drug-likeness (QED) is 0.602. The Labute approximate surface area is 89.9 Å². The summed E-state index contributed by atoms with van der Waals surface area (Å²) in [5.74, 6) is -0.127. The van der Waals surface area contributed by atoms with Gasteiger partial charge < -0.3 is 5.11 Å². The molecule has 88 valence electrons. The number of carbonyl (C=O) groups is 1. The van der Waals surface area contributed by atoms with Crippen LogP contribution in [0.4, 0.5) is 0 Å². The molecule has 15 heavy (non-hydrogen) atoms. The number of sulfonamides is 1. The molecule has 0 unspecified atom stereocenters. The molecule has 0 aromatic heterocycles. The molecular formula is C9H17NO4S. The molecule has 1 aliphatic carbocycles. The summed E-state index contributed by atoms with van der Waals surface area (Å²) in [5.41, 5.74) is 0. The molecule has 0 aromatic rings. The molecule has 5 nitrogen and oxygen atoms in total. The highest BCUT2D eigenvalue weighted by molar-refractivity contribution is 7.89. The number of rotatable bonds is 8. The number of carboxylic acids is 1. The maximum atomic E-state index is 11.3. The van der Waals surface area contributed by atoms with E-state index in [0.717, 1.165) is 19.3 Å². The summed E-state index contributed by atoms with van der Waals surface area (Å²) in [6.07, 6.45) is 3.38. The van der Waals surface area contributed by atoms with Crippen molar-refractivity contribution >= 4 is 16.0 Å². The van der Waals surface area contributed by atoms with Crippen LogP contribution in [0.15, 0.2) is 0 Å². The summed E-state index contributed by atoms with van der Waals surface area (Å²) >= 11 is 0. The standard InChI is InChI=1S/C9H17NO4S/c11-9(12)2-1-6-10-15(13,14)7-5-8-3-4-8/h8,10H,1-7H2,(H,11,12). The third-order valence-electron chi connectivity index (χ3n) is 2.38. The maximum Gasteiger partial charge on any atom is 0.303 e. The van der Waals surface area contributed by atoms with Crippen molar-refractivity contribution in [2.45, 2.75) is 32.1 Å². The van der Waals surface area contributed by atoms with Crippen molar-refractivity contribution in [3.63, 3.8) is 0 Å². The lowest BCUT2D eigenvalue weighted by molar-refractivity contribution is -0.137. The van der Waals surface area contributed by atoms with Crippen molar-refractivity contribution < 1.29 is 18.3 Å². The first-order valence-electron chi connectivity index (χ1n) is 5.19. The highest BCUT2D eigenvalue weighted by atomic mass is 32.2. The lowest BCUT2D eigenvalue weighted by Crippen LogP contribution is -2.27. The number of nitrogens with one attached hydrogen (secondary N) is 1. The van der Waals surface area contributed by atoms with Crippen molar-refractivity contribution in [1.29, 1.82) is 0 Å². The molecule has 1 saturated carbocycles. The van der Waals surface area contributed by atoms with E-state index in [1.165, 1.54) is 0 Å². The molecule has 2 N–H and O–H groups in total. The summed E-state index contributed by atoms with van der Waals surface area (Å²) in [6.45, 7) is 0.222. The highest BCUT2D eigenvalue weighted by Gasteiger charge is 2.23. The molecule has 0 atom stereocenters. The SMILES string of the molecule is O=C(O)CCCNS(=O)(=O)CCC1CC1. The highest BCUT2D eigenvalue weighted by Crippen LogP contribution is 2.32. The molecule has 0 aromatic carbocycles. The first-order valence-corrected chi connectivity index (χ1v) is 6.84. The van der Waals surface area contributed by atoms with Gasteiger partial charge in [0.05, 0.1) is 5.75 Å². The summed E-state index contributed by atoms with van der Waals surface area (Å²) in [6, 6.07) is 0. The van der Waals surface area contributed by atoms with E-state index in [-0.39, 0.29) is 18.7 Å². The topological polar surface area (TPSA) is 83.5 Å². The van der Waals surface area contributed by atoms with Crippen molar-refractivity contribution in [2.75, 3.05) is 12.3 Å². The predicted molar refractivity (Wildman–Crippen MR) is 56.0 cm³/mol. The molecule has 0 bridgehead atoms.